The molecule has 1 aliphatic rings. The summed E-state index contributed by atoms with van der Waals surface area (Å²) in [5.74, 6) is 0.944. The van der Waals surface area contributed by atoms with Gasteiger partial charge in [0.1, 0.15) is 5.01 Å². The van der Waals surface area contributed by atoms with E-state index in [2.05, 4.69) is 15.4 Å². The molecule has 0 unspecified atom stereocenters. The quantitative estimate of drug-likeness (QED) is 0.468. The van der Waals surface area contributed by atoms with Crippen molar-refractivity contribution in [3.05, 3.63) is 75.5 Å². The molecule has 7 nitrogen and oxygen atoms in total. The van der Waals surface area contributed by atoms with Crippen LogP contribution >= 0.6 is 23.1 Å². The van der Waals surface area contributed by atoms with Crippen molar-refractivity contribution in [2.75, 3.05) is 5.32 Å². The summed E-state index contributed by atoms with van der Waals surface area (Å²) in [6.07, 6.45) is 3.74. The van der Waals surface area contributed by atoms with E-state index in [1.54, 1.807) is 12.1 Å². The third-order valence-electron chi connectivity index (χ3n) is 4.50. The highest BCUT2D eigenvalue weighted by molar-refractivity contribution is 7.98. The van der Waals surface area contributed by atoms with Gasteiger partial charge in [-0.2, -0.15) is 9.61 Å². The van der Waals surface area contributed by atoms with Crippen LogP contribution in [0.1, 0.15) is 40.0 Å². The van der Waals surface area contributed by atoms with Crippen molar-refractivity contribution in [2.45, 2.75) is 29.4 Å². The van der Waals surface area contributed by atoms with Crippen LogP contribution in [0.4, 0.5) is 5.69 Å². The minimum absolute atomic E-state index is 0.159. The Hall–Kier alpha value is -2.91. The Bertz CT molecular complexity index is 1240. The lowest BCUT2D eigenvalue weighted by Gasteiger charge is -2.09. The summed E-state index contributed by atoms with van der Waals surface area (Å²) in [6, 6.07) is 12.3. The Kier molecular flexibility index (Phi) is 4.69. The van der Waals surface area contributed by atoms with Crippen LogP contribution in [0.15, 0.2) is 62.8 Å². The third kappa shape index (κ3) is 3.83. The molecule has 1 amide bonds. The summed E-state index contributed by atoms with van der Waals surface area (Å²) in [5, 5.41) is 8.26. The summed E-state index contributed by atoms with van der Waals surface area (Å²) < 4.78 is 6.54. The minimum atomic E-state index is -0.307. The molecule has 3 heterocycles. The molecule has 4 aromatic rings. The van der Waals surface area contributed by atoms with E-state index in [9.17, 15) is 9.59 Å². The average molecular weight is 425 g/mol. The highest BCUT2D eigenvalue weighted by Crippen LogP contribution is 2.41. The van der Waals surface area contributed by atoms with Crippen LogP contribution < -0.4 is 10.9 Å². The first kappa shape index (κ1) is 18.1. The van der Waals surface area contributed by atoms with Gasteiger partial charge in [-0.15, -0.1) is 11.8 Å². The third-order valence-corrected chi connectivity index (χ3v) is 6.67. The second-order valence-electron chi connectivity index (χ2n) is 6.71. The van der Waals surface area contributed by atoms with Gasteiger partial charge in [0.15, 0.2) is 5.76 Å². The smallest absolute Gasteiger partial charge is 0.291 e. The molecule has 1 N–H and O–H groups in total. The van der Waals surface area contributed by atoms with Crippen molar-refractivity contribution >= 4 is 39.7 Å². The Morgan fingerprint density at radius 3 is 2.93 bits per heavy atom. The van der Waals surface area contributed by atoms with Gasteiger partial charge in [-0.25, -0.2) is 4.98 Å². The van der Waals surface area contributed by atoms with Crippen LogP contribution in [0.25, 0.3) is 4.96 Å². The summed E-state index contributed by atoms with van der Waals surface area (Å²) in [4.78, 5) is 30.8. The maximum absolute atomic E-state index is 12.4. The summed E-state index contributed by atoms with van der Waals surface area (Å²) >= 11 is 3.00. The average Bonchev–Trinajstić information content (AvgIpc) is 3.24. The Morgan fingerprint density at radius 1 is 1.28 bits per heavy atom. The van der Waals surface area contributed by atoms with Crippen molar-refractivity contribution in [3.8, 4) is 0 Å². The highest BCUT2D eigenvalue weighted by Gasteiger charge is 2.28. The van der Waals surface area contributed by atoms with Gasteiger partial charge in [0.2, 0.25) is 4.96 Å². The van der Waals surface area contributed by atoms with Gasteiger partial charge in [-0.1, -0.05) is 23.5 Å². The molecule has 0 aliphatic heterocycles. The Balaban J connectivity index is 1.35. The SMILES string of the molecule is O=C(Nc1ccccc1SCc1cc(=O)n2nc(C3CC3)sc2n1)c1ccco1. The predicted octanol–water partition coefficient (Wildman–Crippen LogP) is 4.17. The molecule has 0 radical (unpaired) electrons. The standard InChI is InChI=1S/C20H16N4O3S2/c25-17-10-13(21-20-24(17)23-19(29-20)12-7-8-12)11-28-16-6-2-1-4-14(16)22-18(26)15-5-3-9-27-15/h1-6,9-10,12H,7-8,11H2,(H,22,26). The fourth-order valence-corrected chi connectivity index (χ4v) is 4.87. The lowest BCUT2D eigenvalue weighted by Crippen LogP contribution is -2.15. The zero-order chi connectivity index (χ0) is 19.8. The van der Waals surface area contributed by atoms with Gasteiger partial charge < -0.3 is 9.73 Å². The number of carbonyl (C=O) groups excluding carboxylic acids is 1. The van der Waals surface area contributed by atoms with Crippen molar-refractivity contribution in [1.29, 1.82) is 0 Å². The van der Waals surface area contributed by atoms with Gasteiger partial charge in [0.05, 0.1) is 17.6 Å². The monoisotopic (exact) mass is 424 g/mol. The van der Waals surface area contributed by atoms with Crippen LogP contribution in [-0.4, -0.2) is 20.5 Å². The van der Waals surface area contributed by atoms with Crippen LogP contribution in [0.2, 0.25) is 0 Å². The van der Waals surface area contributed by atoms with E-state index < -0.39 is 0 Å². The molecular formula is C20H16N4O3S2. The largest absolute Gasteiger partial charge is 0.459 e. The number of anilines is 1. The maximum atomic E-state index is 12.4. The van der Waals surface area contributed by atoms with E-state index in [1.807, 2.05) is 24.3 Å². The molecular weight excluding hydrogens is 408 g/mol. The molecule has 0 saturated heterocycles. The fourth-order valence-electron chi connectivity index (χ4n) is 2.88. The van der Waals surface area contributed by atoms with E-state index in [1.165, 1.54) is 39.9 Å². The first-order valence-electron chi connectivity index (χ1n) is 9.14. The van der Waals surface area contributed by atoms with Crippen molar-refractivity contribution in [3.63, 3.8) is 0 Å². The molecule has 1 aliphatic carbocycles. The molecule has 29 heavy (non-hydrogen) atoms. The summed E-state index contributed by atoms with van der Waals surface area (Å²) in [5.41, 5.74) is 1.22. The van der Waals surface area contributed by atoms with E-state index in [0.29, 0.717) is 28.0 Å². The Labute approximate surface area is 173 Å². The topological polar surface area (TPSA) is 89.5 Å². The normalized spacial score (nSPS) is 13.7. The van der Waals surface area contributed by atoms with Crippen LogP contribution in [0.5, 0.6) is 0 Å². The number of hydrogen-bond donors (Lipinski definition) is 1. The number of benzene rings is 1. The fraction of sp³-hybridized carbons (Fsp3) is 0.200. The van der Waals surface area contributed by atoms with Crippen molar-refractivity contribution < 1.29 is 9.21 Å². The summed E-state index contributed by atoms with van der Waals surface area (Å²) in [6.45, 7) is 0. The number of aromatic nitrogens is 3. The molecule has 1 aromatic carbocycles. The first-order valence-corrected chi connectivity index (χ1v) is 10.9. The molecule has 0 atom stereocenters. The number of para-hydroxylation sites is 1. The number of nitrogens with one attached hydrogen (secondary N) is 1. The number of fused-ring (bicyclic) bond motifs is 1. The molecule has 1 saturated carbocycles. The number of carbonyl (C=O) groups is 1. The zero-order valence-corrected chi connectivity index (χ0v) is 16.8. The lowest BCUT2D eigenvalue weighted by atomic mass is 10.3. The first-order chi connectivity index (χ1) is 14.2. The van der Waals surface area contributed by atoms with E-state index in [4.69, 9.17) is 4.42 Å². The van der Waals surface area contributed by atoms with Gasteiger partial charge >= 0.3 is 0 Å². The number of rotatable bonds is 6. The van der Waals surface area contributed by atoms with Gasteiger partial charge in [-0.3, -0.25) is 9.59 Å². The molecule has 9 heteroatoms. The second kappa shape index (κ2) is 7.49. The molecule has 146 valence electrons. The second-order valence-corrected chi connectivity index (χ2v) is 8.72. The van der Waals surface area contributed by atoms with E-state index >= 15 is 0 Å². The molecule has 3 aromatic heterocycles. The van der Waals surface area contributed by atoms with E-state index in [0.717, 1.165) is 22.7 Å². The Morgan fingerprint density at radius 2 is 2.14 bits per heavy atom. The van der Waals surface area contributed by atoms with E-state index in [-0.39, 0.29) is 17.2 Å². The summed E-state index contributed by atoms with van der Waals surface area (Å²) in [7, 11) is 0. The molecule has 0 bridgehead atoms. The van der Waals surface area contributed by atoms with Gasteiger partial charge in [-0.05, 0) is 37.1 Å². The van der Waals surface area contributed by atoms with Gasteiger partial charge in [0, 0.05) is 22.6 Å². The maximum Gasteiger partial charge on any atom is 0.291 e. The minimum Gasteiger partial charge on any atom is -0.459 e. The number of hydrogen-bond acceptors (Lipinski definition) is 7. The van der Waals surface area contributed by atoms with Crippen molar-refractivity contribution in [2.24, 2.45) is 0 Å². The molecule has 5 rings (SSSR count). The van der Waals surface area contributed by atoms with Crippen molar-refractivity contribution in [1.82, 2.24) is 14.6 Å². The number of thioether (sulfide) groups is 1. The number of nitrogens with zero attached hydrogens (tertiary/aromatic N) is 3. The van der Waals surface area contributed by atoms with Gasteiger partial charge in [0.25, 0.3) is 11.5 Å². The number of amides is 1. The predicted molar refractivity (Wildman–Crippen MR) is 112 cm³/mol. The molecule has 1 fully saturated rings. The molecule has 0 spiro atoms. The van der Waals surface area contributed by atoms with Crippen LogP contribution in [0, 0.1) is 0 Å². The van der Waals surface area contributed by atoms with Crippen LogP contribution in [-0.2, 0) is 5.75 Å². The zero-order valence-electron chi connectivity index (χ0n) is 15.2. The van der Waals surface area contributed by atoms with Crippen LogP contribution in [0.3, 0.4) is 0 Å². The number of furan rings is 1. The lowest BCUT2D eigenvalue weighted by molar-refractivity contribution is 0.0996. The highest BCUT2D eigenvalue weighted by atomic mass is 32.2.